The Morgan fingerprint density at radius 1 is 0.742 bits per heavy atom. The summed E-state index contributed by atoms with van der Waals surface area (Å²) in [6.07, 6.45) is 7.28. The number of benzene rings is 1. The van der Waals surface area contributed by atoms with Crippen molar-refractivity contribution in [2.24, 2.45) is 0 Å². The Morgan fingerprint density at radius 2 is 1.39 bits per heavy atom. The summed E-state index contributed by atoms with van der Waals surface area (Å²) in [5.41, 5.74) is 2.72. The quantitative estimate of drug-likeness (QED) is 0.637. The normalized spacial score (nSPS) is 22.3. The van der Waals surface area contributed by atoms with Crippen molar-refractivity contribution >= 4 is 35.2 Å². The average Bonchev–Trinajstić information content (AvgIpc) is 3.03. The molecular formula is C24H33N3O3S. The molecule has 0 saturated heterocycles. The van der Waals surface area contributed by atoms with Crippen LogP contribution in [0.25, 0.3) is 5.70 Å². The summed E-state index contributed by atoms with van der Waals surface area (Å²) in [5.74, 6) is 1.14. The van der Waals surface area contributed by atoms with Gasteiger partial charge in [0.1, 0.15) is 0 Å². The van der Waals surface area contributed by atoms with Crippen LogP contribution >= 0.6 is 11.8 Å². The third-order valence-corrected chi connectivity index (χ3v) is 6.53. The molecule has 1 aromatic rings. The molecule has 0 saturated carbocycles. The fraction of sp³-hybridized carbons (Fsp3) is 0.542. The number of hydrogen-bond acceptors (Lipinski definition) is 4. The Labute approximate surface area is 189 Å². The molecule has 2 aliphatic heterocycles. The van der Waals surface area contributed by atoms with Crippen molar-refractivity contribution in [1.29, 1.82) is 0 Å². The summed E-state index contributed by atoms with van der Waals surface area (Å²) >= 11 is 1.69. The molecule has 0 aromatic heterocycles. The molecule has 0 radical (unpaired) electrons. The van der Waals surface area contributed by atoms with Gasteiger partial charge in [0.05, 0.1) is 5.70 Å². The van der Waals surface area contributed by atoms with Crippen LogP contribution in [0.15, 0.2) is 29.7 Å². The van der Waals surface area contributed by atoms with Gasteiger partial charge in [-0.3, -0.25) is 14.4 Å². The van der Waals surface area contributed by atoms with E-state index in [2.05, 4.69) is 16.0 Å². The fourth-order valence-corrected chi connectivity index (χ4v) is 4.73. The first-order valence-electron chi connectivity index (χ1n) is 11.4. The molecule has 2 N–H and O–H groups in total. The molecule has 3 amide bonds. The number of carbonyl (C=O) groups excluding carboxylic acids is 3. The number of amides is 3. The summed E-state index contributed by atoms with van der Waals surface area (Å²) in [7, 11) is 0. The second-order valence-electron chi connectivity index (χ2n) is 8.05. The largest absolute Gasteiger partial charge is 0.356 e. The van der Waals surface area contributed by atoms with Crippen molar-refractivity contribution in [3.63, 3.8) is 0 Å². The molecule has 0 unspecified atom stereocenters. The highest BCUT2D eigenvalue weighted by Gasteiger charge is 2.31. The van der Waals surface area contributed by atoms with Gasteiger partial charge in [-0.25, -0.2) is 0 Å². The molecule has 0 fully saturated rings. The van der Waals surface area contributed by atoms with Crippen LogP contribution in [-0.2, 0) is 9.59 Å². The van der Waals surface area contributed by atoms with Crippen molar-refractivity contribution in [3.8, 4) is 0 Å². The zero-order valence-corrected chi connectivity index (χ0v) is 19.0. The van der Waals surface area contributed by atoms with Crippen molar-refractivity contribution in [3.05, 3.63) is 40.8 Å². The molecule has 0 spiro atoms. The second-order valence-corrected chi connectivity index (χ2v) is 9.03. The number of carbonyl (C=O) groups is 3. The van der Waals surface area contributed by atoms with E-state index in [1.165, 1.54) is 0 Å². The number of nitrogens with one attached hydrogen (secondary N) is 2. The van der Waals surface area contributed by atoms with E-state index < -0.39 is 0 Å². The second kappa shape index (κ2) is 12.5. The number of thioether (sulfide) groups is 1. The van der Waals surface area contributed by atoms with Crippen molar-refractivity contribution in [2.45, 2.75) is 57.8 Å². The molecule has 2 aliphatic rings. The molecule has 0 bridgehead atoms. The van der Waals surface area contributed by atoms with Gasteiger partial charge in [-0.1, -0.05) is 31.0 Å². The SMILES string of the molecule is O=C1CCCCCN2C(=O)c3ccccc3/C2=C\SCCCNC(=O)CCCCCN1. The van der Waals surface area contributed by atoms with E-state index in [1.807, 2.05) is 29.2 Å². The van der Waals surface area contributed by atoms with Crippen LogP contribution in [0.2, 0.25) is 0 Å². The summed E-state index contributed by atoms with van der Waals surface area (Å²) in [5, 5.41) is 8.03. The molecule has 6 nitrogen and oxygen atoms in total. The fourth-order valence-electron chi connectivity index (χ4n) is 3.89. The van der Waals surface area contributed by atoms with Crippen molar-refractivity contribution in [1.82, 2.24) is 15.5 Å². The molecule has 31 heavy (non-hydrogen) atoms. The van der Waals surface area contributed by atoms with Gasteiger partial charge in [-0.2, -0.15) is 0 Å². The molecular weight excluding hydrogens is 410 g/mol. The molecule has 7 heteroatoms. The lowest BCUT2D eigenvalue weighted by molar-refractivity contribution is -0.122. The zero-order chi connectivity index (χ0) is 21.9. The molecule has 2 heterocycles. The highest BCUT2D eigenvalue weighted by atomic mass is 32.2. The highest BCUT2D eigenvalue weighted by Crippen LogP contribution is 2.34. The molecule has 3 rings (SSSR count). The molecule has 1 aromatic carbocycles. The number of fused-ring (bicyclic) bond motifs is 3. The third kappa shape index (κ3) is 7.13. The topological polar surface area (TPSA) is 78.5 Å². The van der Waals surface area contributed by atoms with Crippen LogP contribution in [0.4, 0.5) is 0 Å². The minimum Gasteiger partial charge on any atom is -0.356 e. The first kappa shape index (κ1) is 23.4. The molecule has 0 atom stereocenters. The Balaban J connectivity index is 1.62. The summed E-state index contributed by atoms with van der Waals surface area (Å²) < 4.78 is 0. The minimum absolute atomic E-state index is 0.0610. The van der Waals surface area contributed by atoms with Gasteiger partial charge in [0.15, 0.2) is 0 Å². The van der Waals surface area contributed by atoms with E-state index in [4.69, 9.17) is 0 Å². The van der Waals surface area contributed by atoms with Gasteiger partial charge in [-0.05, 0) is 49.3 Å². The van der Waals surface area contributed by atoms with Gasteiger partial charge < -0.3 is 15.5 Å². The van der Waals surface area contributed by atoms with E-state index >= 15 is 0 Å². The smallest absolute Gasteiger partial charge is 0.258 e. The average molecular weight is 444 g/mol. The first-order valence-corrected chi connectivity index (χ1v) is 12.5. The van der Waals surface area contributed by atoms with Crippen LogP contribution < -0.4 is 10.6 Å². The Morgan fingerprint density at radius 3 is 2.13 bits per heavy atom. The van der Waals surface area contributed by atoms with Crippen LogP contribution in [0.5, 0.6) is 0 Å². The van der Waals surface area contributed by atoms with E-state index in [0.29, 0.717) is 32.5 Å². The summed E-state index contributed by atoms with van der Waals surface area (Å²) in [6.45, 7) is 2.01. The maximum Gasteiger partial charge on any atom is 0.258 e. The first-order chi connectivity index (χ1) is 15.2. The predicted molar refractivity (Wildman–Crippen MR) is 125 cm³/mol. The third-order valence-electron chi connectivity index (χ3n) is 5.61. The van der Waals surface area contributed by atoms with Crippen LogP contribution in [-0.4, -0.2) is 48.0 Å². The maximum absolute atomic E-state index is 12.9. The van der Waals surface area contributed by atoms with Gasteiger partial charge in [0, 0.05) is 43.6 Å². The highest BCUT2D eigenvalue weighted by molar-refractivity contribution is 8.02. The Bertz CT molecular complexity index is 809. The lowest BCUT2D eigenvalue weighted by Crippen LogP contribution is -2.25. The lowest BCUT2D eigenvalue weighted by atomic mass is 10.1. The summed E-state index contributed by atoms with van der Waals surface area (Å²) in [6, 6.07) is 7.77. The van der Waals surface area contributed by atoms with E-state index in [-0.39, 0.29) is 17.7 Å². The van der Waals surface area contributed by atoms with Gasteiger partial charge in [-0.15, -0.1) is 11.8 Å². The standard InChI is InChI=1S/C24H33N3O3S/c28-22-13-4-2-8-16-27-21(19-10-5-6-11-20(19)24(27)30)18-31-17-9-15-26-23(29)12-3-1-7-14-25-22/h5-6,10-11,18H,1-4,7-9,12-17H2,(H,25,28)(H,26,29)/b21-18+. The van der Waals surface area contributed by atoms with E-state index in [0.717, 1.165) is 67.5 Å². The molecule has 168 valence electrons. The van der Waals surface area contributed by atoms with E-state index in [9.17, 15) is 14.4 Å². The predicted octanol–water partition coefficient (Wildman–Crippen LogP) is 3.93. The number of rotatable bonds is 0. The van der Waals surface area contributed by atoms with Crippen molar-refractivity contribution < 1.29 is 14.4 Å². The Hall–Kier alpha value is -2.28. The summed E-state index contributed by atoms with van der Waals surface area (Å²) in [4.78, 5) is 38.7. The van der Waals surface area contributed by atoms with E-state index in [1.54, 1.807) is 11.8 Å². The minimum atomic E-state index is 0.0610. The van der Waals surface area contributed by atoms with Crippen LogP contribution in [0.3, 0.4) is 0 Å². The number of nitrogens with zero attached hydrogens (tertiary/aromatic N) is 1. The zero-order valence-electron chi connectivity index (χ0n) is 18.2. The molecule has 0 aliphatic carbocycles. The van der Waals surface area contributed by atoms with Gasteiger partial charge >= 0.3 is 0 Å². The van der Waals surface area contributed by atoms with Gasteiger partial charge in [0.25, 0.3) is 5.91 Å². The monoisotopic (exact) mass is 443 g/mol. The van der Waals surface area contributed by atoms with Crippen molar-refractivity contribution in [2.75, 3.05) is 25.4 Å². The van der Waals surface area contributed by atoms with Crippen LogP contribution in [0, 0.1) is 0 Å². The maximum atomic E-state index is 12.9. The Kier molecular flexibility index (Phi) is 9.46. The van der Waals surface area contributed by atoms with Crippen LogP contribution in [0.1, 0.15) is 73.7 Å². The number of hydrogen-bond donors (Lipinski definition) is 2. The lowest BCUT2D eigenvalue weighted by Gasteiger charge is -2.18. The van der Waals surface area contributed by atoms with Gasteiger partial charge in [0.2, 0.25) is 11.8 Å².